The molecule has 1 atom stereocenters. The fourth-order valence-electron chi connectivity index (χ4n) is 4.03. The number of imidazole rings is 2. The summed E-state index contributed by atoms with van der Waals surface area (Å²) < 4.78 is 7.91. The summed E-state index contributed by atoms with van der Waals surface area (Å²) in [6, 6.07) is 11.1. The number of ether oxygens (including phenoxy) is 1. The van der Waals surface area contributed by atoms with Crippen LogP contribution in [0.3, 0.4) is 0 Å². The molecule has 178 valence electrons. The van der Waals surface area contributed by atoms with E-state index in [0.29, 0.717) is 28.4 Å². The van der Waals surface area contributed by atoms with E-state index in [1.807, 2.05) is 35.9 Å². The molecule has 5 rings (SSSR count). The number of nitrogens with zero attached hydrogens (tertiary/aromatic N) is 3. The average molecular weight is 535 g/mol. The summed E-state index contributed by atoms with van der Waals surface area (Å²) in [4.78, 5) is 27.7. The van der Waals surface area contributed by atoms with Crippen LogP contribution < -0.4 is 15.6 Å². The summed E-state index contributed by atoms with van der Waals surface area (Å²) in [7, 11) is 1.59. The number of aromatic nitrogens is 5. The van der Waals surface area contributed by atoms with E-state index in [-0.39, 0.29) is 12.1 Å². The lowest BCUT2D eigenvalue weighted by molar-refractivity contribution is 0.191. The summed E-state index contributed by atoms with van der Waals surface area (Å²) in [6.45, 7) is 2.17. The lowest BCUT2D eigenvalue weighted by Gasteiger charge is -2.16. The third-order valence-electron chi connectivity index (χ3n) is 5.81. The van der Waals surface area contributed by atoms with Gasteiger partial charge in [-0.25, -0.2) is 9.97 Å². The van der Waals surface area contributed by atoms with Crippen LogP contribution in [0.2, 0.25) is 0 Å². The van der Waals surface area contributed by atoms with Crippen molar-refractivity contribution in [1.29, 1.82) is 0 Å². The first-order valence-electron chi connectivity index (χ1n) is 10.9. The van der Waals surface area contributed by atoms with Crippen molar-refractivity contribution in [2.75, 3.05) is 19.0 Å². The van der Waals surface area contributed by atoms with E-state index < -0.39 is 6.10 Å². The molecular weight excluding hydrogens is 512 g/mol. The molecule has 0 fully saturated rings. The number of benzene rings is 2. The molecule has 9 nitrogen and oxygen atoms in total. The predicted molar refractivity (Wildman–Crippen MR) is 138 cm³/mol. The van der Waals surface area contributed by atoms with Crippen molar-refractivity contribution in [3.05, 3.63) is 87.3 Å². The first-order chi connectivity index (χ1) is 16.9. The van der Waals surface area contributed by atoms with Gasteiger partial charge in [-0.3, -0.25) is 4.79 Å². The normalized spacial score (nSPS) is 12.1. The molecule has 1 unspecified atom stereocenters. The highest BCUT2D eigenvalue weighted by molar-refractivity contribution is 9.10. The van der Waals surface area contributed by atoms with Gasteiger partial charge in [0.15, 0.2) is 0 Å². The van der Waals surface area contributed by atoms with Crippen LogP contribution in [-0.4, -0.2) is 43.3 Å². The molecule has 10 heteroatoms. The Morgan fingerprint density at radius 3 is 2.86 bits per heavy atom. The Balaban J connectivity index is 1.46. The van der Waals surface area contributed by atoms with Crippen molar-refractivity contribution in [2.24, 2.45) is 0 Å². The highest BCUT2D eigenvalue weighted by atomic mass is 79.9. The van der Waals surface area contributed by atoms with Crippen LogP contribution in [0.4, 0.5) is 5.69 Å². The molecule has 3 aromatic heterocycles. The quantitative estimate of drug-likeness (QED) is 0.246. The number of H-pyrrole nitrogens is 2. The molecule has 5 aromatic rings. The molecule has 0 bridgehead atoms. The molecule has 4 N–H and O–H groups in total. The largest absolute Gasteiger partial charge is 0.496 e. The second kappa shape index (κ2) is 9.40. The molecule has 0 saturated heterocycles. The minimum Gasteiger partial charge on any atom is -0.496 e. The Labute approximate surface area is 209 Å². The van der Waals surface area contributed by atoms with E-state index in [0.717, 1.165) is 26.8 Å². The maximum Gasteiger partial charge on any atom is 0.261 e. The number of aliphatic hydroxyl groups is 1. The summed E-state index contributed by atoms with van der Waals surface area (Å²) in [5, 5.41) is 13.9. The Hall–Kier alpha value is -3.89. The molecule has 0 aliphatic carbocycles. The van der Waals surface area contributed by atoms with Crippen LogP contribution >= 0.6 is 15.9 Å². The molecule has 3 heterocycles. The third-order valence-corrected chi connectivity index (χ3v) is 6.43. The molecule has 2 aromatic carbocycles. The first kappa shape index (κ1) is 22.9. The van der Waals surface area contributed by atoms with Gasteiger partial charge in [-0.1, -0.05) is 6.07 Å². The number of hydrogen-bond donors (Lipinski definition) is 4. The third kappa shape index (κ3) is 4.45. The van der Waals surface area contributed by atoms with E-state index in [1.165, 1.54) is 0 Å². The molecule has 0 radical (unpaired) electrons. The van der Waals surface area contributed by atoms with Crippen LogP contribution in [0.1, 0.15) is 17.2 Å². The number of nitrogens with one attached hydrogen (secondary N) is 3. The molecule has 0 aliphatic rings. The summed E-state index contributed by atoms with van der Waals surface area (Å²) >= 11 is 3.44. The lowest BCUT2D eigenvalue weighted by Crippen LogP contribution is -2.17. The lowest BCUT2D eigenvalue weighted by atomic mass is 10.1. The van der Waals surface area contributed by atoms with E-state index >= 15 is 0 Å². The highest BCUT2D eigenvalue weighted by Crippen LogP contribution is 2.30. The summed E-state index contributed by atoms with van der Waals surface area (Å²) in [5.74, 6) is 1.12. The van der Waals surface area contributed by atoms with Crippen molar-refractivity contribution in [1.82, 2.24) is 24.5 Å². The van der Waals surface area contributed by atoms with Crippen molar-refractivity contribution < 1.29 is 9.84 Å². The van der Waals surface area contributed by atoms with Crippen LogP contribution in [-0.2, 0) is 0 Å². The zero-order valence-corrected chi connectivity index (χ0v) is 20.6. The minimum atomic E-state index is -0.806. The van der Waals surface area contributed by atoms with E-state index in [4.69, 9.17) is 9.72 Å². The highest BCUT2D eigenvalue weighted by Gasteiger charge is 2.17. The van der Waals surface area contributed by atoms with Gasteiger partial charge in [0.25, 0.3) is 5.56 Å². The Bertz CT molecular complexity index is 1560. The Morgan fingerprint density at radius 1 is 1.26 bits per heavy atom. The van der Waals surface area contributed by atoms with Crippen molar-refractivity contribution in [3.63, 3.8) is 0 Å². The second-order valence-electron chi connectivity index (χ2n) is 8.10. The van der Waals surface area contributed by atoms with Gasteiger partial charge in [-0.05, 0) is 64.3 Å². The molecule has 0 spiro atoms. The topological polar surface area (TPSA) is 121 Å². The van der Waals surface area contributed by atoms with Gasteiger partial charge >= 0.3 is 0 Å². The fraction of sp³-hybridized carbons (Fsp3) is 0.160. The molecule has 0 aliphatic heterocycles. The van der Waals surface area contributed by atoms with Crippen molar-refractivity contribution in [3.8, 4) is 22.8 Å². The van der Waals surface area contributed by atoms with Gasteiger partial charge in [-0.15, -0.1) is 0 Å². The van der Waals surface area contributed by atoms with E-state index in [2.05, 4.69) is 36.2 Å². The SMILES string of the molecule is COc1ccc(C(O)CNc2cc[nH]c(=O)c2-c2nc3c(C)cc(-n4ccnc4)cc3[nH]2)cc1Br. The zero-order valence-electron chi connectivity index (χ0n) is 19.0. The van der Waals surface area contributed by atoms with Gasteiger partial charge in [0.05, 0.1) is 40.7 Å². The van der Waals surface area contributed by atoms with Gasteiger partial charge in [0, 0.05) is 30.8 Å². The fourth-order valence-corrected chi connectivity index (χ4v) is 4.58. The number of fused-ring (bicyclic) bond motifs is 1. The maximum absolute atomic E-state index is 12.8. The number of pyridine rings is 1. The Morgan fingerprint density at radius 2 is 2.11 bits per heavy atom. The van der Waals surface area contributed by atoms with Crippen LogP contribution in [0, 0.1) is 6.92 Å². The number of methoxy groups -OCH3 is 1. The van der Waals surface area contributed by atoms with Gasteiger partial charge in [0.2, 0.25) is 0 Å². The monoisotopic (exact) mass is 534 g/mol. The number of hydrogen-bond acceptors (Lipinski definition) is 6. The smallest absolute Gasteiger partial charge is 0.261 e. The van der Waals surface area contributed by atoms with Crippen LogP contribution in [0.5, 0.6) is 5.75 Å². The standard InChI is InChI=1S/C25H23BrN6O3/c1-14-9-16(32-8-7-27-13-32)11-19-23(14)31-24(30-19)22-18(5-6-28-25(22)34)29-12-20(33)15-3-4-21(35-2)17(26)10-15/h3-11,13,20,33H,12H2,1-2H3,(H,30,31)(H2,28,29,34). The molecular formula is C25H23BrN6O3. The minimum absolute atomic E-state index is 0.194. The molecule has 0 amide bonds. The van der Waals surface area contributed by atoms with E-state index in [1.54, 1.807) is 44.0 Å². The number of aromatic amines is 2. The van der Waals surface area contributed by atoms with Gasteiger partial charge in [-0.2, -0.15) is 0 Å². The average Bonchev–Trinajstić information content (AvgIpc) is 3.53. The number of rotatable bonds is 7. The molecule has 35 heavy (non-hydrogen) atoms. The van der Waals surface area contributed by atoms with Gasteiger partial charge in [0.1, 0.15) is 17.1 Å². The summed E-state index contributed by atoms with van der Waals surface area (Å²) in [6.07, 6.45) is 6.08. The van der Waals surface area contributed by atoms with Gasteiger partial charge < -0.3 is 29.7 Å². The zero-order chi connectivity index (χ0) is 24.5. The summed E-state index contributed by atoms with van der Waals surface area (Å²) in [5.41, 5.74) is 4.85. The van der Waals surface area contributed by atoms with Crippen LogP contribution in [0.15, 0.2) is 70.6 Å². The number of halogens is 1. The van der Waals surface area contributed by atoms with Crippen molar-refractivity contribution >= 4 is 32.7 Å². The van der Waals surface area contributed by atoms with Crippen molar-refractivity contribution in [2.45, 2.75) is 13.0 Å². The first-order valence-corrected chi connectivity index (χ1v) is 11.7. The predicted octanol–water partition coefficient (Wildman–Crippen LogP) is 4.33. The number of aliphatic hydroxyl groups excluding tert-OH is 1. The maximum atomic E-state index is 12.8. The Kier molecular flexibility index (Phi) is 6.14. The second-order valence-corrected chi connectivity index (χ2v) is 8.95. The van der Waals surface area contributed by atoms with E-state index in [9.17, 15) is 9.90 Å². The van der Waals surface area contributed by atoms with Crippen LogP contribution in [0.25, 0.3) is 28.1 Å². The number of aryl methyl sites for hydroxylation is 1. The number of anilines is 1. The molecule has 0 saturated carbocycles.